The van der Waals surface area contributed by atoms with Crippen molar-refractivity contribution in [3.63, 3.8) is 0 Å². The third kappa shape index (κ3) is 12.7. The lowest BCUT2D eigenvalue weighted by Crippen LogP contribution is -2.50. The van der Waals surface area contributed by atoms with Gasteiger partial charge in [-0.05, 0) is 107 Å². The normalized spacial score (nSPS) is 15.2. The number of nitrogens with one attached hydrogen (secondary N) is 1. The quantitative estimate of drug-likeness (QED) is 0.132. The molecule has 4 aliphatic heterocycles. The molecule has 0 atom stereocenters. The van der Waals surface area contributed by atoms with Crippen LogP contribution in [0, 0.1) is 0 Å². The van der Waals surface area contributed by atoms with E-state index >= 15 is 0 Å². The maximum atomic E-state index is 13.7. The van der Waals surface area contributed by atoms with Crippen molar-refractivity contribution < 1.29 is 61.1 Å². The van der Waals surface area contributed by atoms with Crippen molar-refractivity contribution in [3.8, 4) is 23.0 Å². The number of aryl methyl sites for hydroxylation is 4. The second-order valence-corrected chi connectivity index (χ2v) is 21.5. The molecule has 16 nitrogen and oxygen atoms in total. The van der Waals surface area contributed by atoms with Gasteiger partial charge in [0.2, 0.25) is 0 Å². The molecule has 2 N–H and O–H groups in total. The van der Waals surface area contributed by atoms with Gasteiger partial charge < -0.3 is 39.0 Å². The Bertz CT molecular complexity index is 2940. The molecule has 382 valence electrons. The molecule has 8 heterocycles. The fraction of sp³-hybridized carbons (Fsp3) is 0.388. The number of hydrogen-bond acceptors (Lipinski definition) is 14. The van der Waals surface area contributed by atoms with Gasteiger partial charge in [-0.3, -0.25) is 9.59 Å². The number of amides is 1. The Labute approximate surface area is 429 Å². The van der Waals surface area contributed by atoms with Crippen LogP contribution in [0.1, 0.15) is 85.9 Å². The van der Waals surface area contributed by atoms with E-state index in [0.717, 1.165) is 62.3 Å². The minimum Gasteiger partial charge on any atom is -0.486 e. The van der Waals surface area contributed by atoms with Crippen molar-refractivity contribution in [2.24, 2.45) is 0 Å². The highest BCUT2D eigenvalue weighted by Gasteiger charge is 2.39. The van der Waals surface area contributed by atoms with Crippen molar-refractivity contribution in [1.82, 2.24) is 29.8 Å². The molecule has 0 bridgehead atoms. The van der Waals surface area contributed by atoms with E-state index in [1.807, 2.05) is 63.2 Å². The van der Waals surface area contributed by atoms with Crippen molar-refractivity contribution in [1.29, 1.82) is 0 Å². The standard InChI is InChI=1S/C26H28ClN3O5S.C21H20ClN3O3S.C2HF3O2/c1-26(2,3)35-25(32)29-14-16(15-29)20-13-17(7-8-18-9-10-22(27)36-18)30(28-20)24(31)19-5-4-6-21-23(19)34-12-11-33-21;22-19-7-6-15(29-19)5-4-14-10-17(13-11-23-12-13)24-25(14)21(26)16-2-1-3-18-20(16)28-9-8-27-18;3-2(4,5)1(6)7/h4-6,9-10,13,16H,7-8,11-12,14-15H2,1-3H3;1-3,6-7,10,13,23H,4-5,8-9,11-12H2;(H,6,7). The average molecular weight is 1070 g/mol. The Morgan fingerprint density at radius 3 is 1.53 bits per heavy atom. The summed E-state index contributed by atoms with van der Waals surface area (Å²) in [5.41, 5.74) is 3.77. The zero-order valence-electron chi connectivity index (χ0n) is 39.1. The van der Waals surface area contributed by atoms with E-state index < -0.39 is 17.7 Å². The maximum absolute atomic E-state index is 13.7. The van der Waals surface area contributed by atoms with Gasteiger partial charge in [0.15, 0.2) is 23.0 Å². The molecule has 0 saturated carbocycles. The van der Waals surface area contributed by atoms with Gasteiger partial charge in [-0.2, -0.15) is 23.4 Å². The molecule has 6 aromatic rings. The summed E-state index contributed by atoms with van der Waals surface area (Å²) in [6, 6.07) is 22.6. The highest BCUT2D eigenvalue weighted by atomic mass is 35.5. The number of aliphatic carboxylic acids is 1. The molecule has 1 amide bonds. The number of likely N-dealkylation sites (tertiary alicyclic amines) is 1. The molecule has 2 aromatic carbocycles. The van der Waals surface area contributed by atoms with Gasteiger partial charge in [0, 0.05) is 59.2 Å². The van der Waals surface area contributed by atoms with E-state index in [1.54, 1.807) is 40.5 Å². The molecule has 0 unspecified atom stereocenters. The van der Waals surface area contributed by atoms with E-state index in [2.05, 4.69) is 16.5 Å². The molecule has 23 heteroatoms. The molecular weight excluding hydrogens is 1020 g/mol. The Hall–Kier alpha value is -6.13. The molecule has 0 radical (unpaired) electrons. The fourth-order valence-electron chi connectivity index (χ4n) is 7.81. The lowest BCUT2D eigenvalue weighted by atomic mass is 9.96. The number of carboxylic acid groups (broad SMARTS) is 1. The van der Waals surface area contributed by atoms with Crippen LogP contribution in [0.3, 0.4) is 0 Å². The summed E-state index contributed by atoms with van der Waals surface area (Å²) in [5.74, 6) is -0.727. The number of fused-ring (bicyclic) bond motifs is 2. The zero-order chi connectivity index (χ0) is 51.3. The Morgan fingerprint density at radius 2 is 1.14 bits per heavy atom. The van der Waals surface area contributed by atoms with Crippen molar-refractivity contribution in [2.75, 3.05) is 52.6 Å². The number of halogens is 5. The third-order valence-corrected chi connectivity index (χ3v) is 14.1. The molecule has 0 spiro atoms. The highest BCUT2D eigenvalue weighted by molar-refractivity contribution is 7.16. The summed E-state index contributed by atoms with van der Waals surface area (Å²) in [6.45, 7) is 10.1. The van der Waals surface area contributed by atoms with Crippen molar-refractivity contribution in [2.45, 2.75) is 70.1 Å². The topological polar surface area (TPSA) is 186 Å². The largest absolute Gasteiger partial charge is 0.490 e. The first kappa shape index (κ1) is 52.2. The first-order valence-electron chi connectivity index (χ1n) is 22.8. The SMILES string of the molecule is CC(C)(C)OC(=O)N1CC(c2cc(CCc3ccc(Cl)s3)n(C(=O)c3cccc4c3OCCO4)n2)C1.O=C(O)C(F)(F)F.O=C(c1cccc2c1OCCO2)n1nc(C2CNC2)cc1CCc1ccc(Cl)s1. The molecule has 10 rings (SSSR count). The lowest BCUT2D eigenvalue weighted by Gasteiger charge is -2.38. The highest BCUT2D eigenvalue weighted by Crippen LogP contribution is 2.37. The number of carbonyl (C=O) groups excluding carboxylic acids is 3. The third-order valence-electron chi connectivity index (χ3n) is 11.5. The minimum atomic E-state index is -5.08. The zero-order valence-corrected chi connectivity index (χ0v) is 42.3. The van der Waals surface area contributed by atoms with Gasteiger partial charge in [-0.25, -0.2) is 19.0 Å². The summed E-state index contributed by atoms with van der Waals surface area (Å²) in [7, 11) is 0. The number of alkyl halides is 3. The van der Waals surface area contributed by atoms with Crippen LogP contribution in [-0.4, -0.2) is 118 Å². The fourth-order valence-corrected chi connectivity index (χ4v) is 9.99. The van der Waals surface area contributed by atoms with E-state index in [9.17, 15) is 27.6 Å². The first-order valence-corrected chi connectivity index (χ1v) is 25.2. The van der Waals surface area contributed by atoms with E-state index in [0.29, 0.717) is 92.4 Å². The van der Waals surface area contributed by atoms with Crippen LogP contribution in [0.4, 0.5) is 18.0 Å². The van der Waals surface area contributed by atoms with Crippen LogP contribution in [0.15, 0.2) is 72.8 Å². The number of aromatic nitrogens is 4. The predicted molar refractivity (Wildman–Crippen MR) is 262 cm³/mol. The van der Waals surface area contributed by atoms with E-state index in [1.165, 1.54) is 25.6 Å². The molecule has 0 aliphatic carbocycles. The summed E-state index contributed by atoms with van der Waals surface area (Å²) in [6.07, 6.45) is -2.55. The number of carbonyl (C=O) groups is 4. The summed E-state index contributed by atoms with van der Waals surface area (Å²) >= 11 is 15.3. The number of carboxylic acids is 1. The van der Waals surface area contributed by atoms with E-state index in [4.69, 9.17) is 61.9 Å². The van der Waals surface area contributed by atoms with Crippen molar-refractivity contribution >= 4 is 69.8 Å². The number of ether oxygens (including phenoxy) is 5. The number of rotatable bonds is 10. The first-order chi connectivity index (χ1) is 34.3. The van der Waals surface area contributed by atoms with Gasteiger partial charge in [-0.1, -0.05) is 35.3 Å². The van der Waals surface area contributed by atoms with Gasteiger partial charge in [0.25, 0.3) is 11.8 Å². The molecule has 4 aliphatic rings. The molecule has 2 fully saturated rings. The molecular formula is C49H49Cl2F3N6O10S2. The van der Waals surface area contributed by atoms with Crippen LogP contribution in [0.5, 0.6) is 23.0 Å². The number of nitrogens with zero attached hydrogens (tertiary/aromatic N) is 5. The van der Waals surface area contributed by atoms with Crippen molar-refractivity contribution in [3.05, 3.63) is 125 Å². The van der Waals surface area contributed by atoms with Gasteiger partial charge >= 0.3 is 18.2 Å². The van der Waals surface area contributed by atoms with Crippen LogP contribution < -0.4 is 24.3 Å². The van der Waals surface area contributed by atoms with Crippen LogP contribution in [0.2, 0.25) is 8.67 Å². The van der Waals surface area contributed by atoms with Crippen LogP contribution in [-0.2, 0) is 35.2 Å². The average Bonchev–Trinajstić information content (AvgIpc) is 4.12. The van der Waals surface area contributed by atoms with Gasteiger partial charge in [0.1, 0.15) is 32.0 Å². The molecule has 4 aromatic heterocycles. The Morgan fingerprint density at radius 1 is 0.694 bits per heavy atom. The maximum Gasteiger partial charge on any atom is 0.490 e. The Kier molecular flexibility index (Phi) is 16.2. The number of hydrogen-bond donors (Lipinski definition) is 2. The molecule has 2 saturated heterocycles. The van der Waals surface area contributed by atoms with Gasteiger partial charge in [0.05, 0.1) is 31.2 Å². The second-order valence-electron chi connectivity index (χ2n) is 17.9. The predicted octanol–water partition coefficient (Wildman–Crippen LogP) is 9.34. The molecule has 72 heavy (non-hydrogen) atoms. The lowest BCUT2D eigenvalue weighted by molar-refractivity contribution is -0.192. The second kappa shape index (κ2) is 22.3. The van der Waals surface area contributed by atoms with E-state index in [-0.39, 0.29) is 23.8 Å². The van der Waals surface area contributed by atoms with Gasteiger partial charge in [-0.15, -0.1) is 22.7 Å². The summed E-state index contributed by atoms with van der Waals surface area (Å²) in [4.78, 5) is 52.4. The summed E-state index contributed by atoms with van der Waals surface area (Å²) < 4.78 is 64.5. The smallest absolute Gasteiger partial charge is 0.486 e. The minimum absolute atomic E-state index is 0.0331. The summed E-state index contributed by atoms with van der Waals surface area (Å²) in [5, 5.41) is 19.8. The monoisotopic (exact) mass is 1070 g/mol. The number of thiophene rings is 2. The number of benzene rings is 2. The van der Waals surface area contributed by atoms with Crippen LogP contribution >= 0.6 is 45.9 Å². The van der Waals surface area contributed by atoms with Crippen LogP contribution in [0.25, 0.3) is 0 Å². The number of para-hydroxylation sites is 2. The Balaban J connectivity index is 0.000000173.